The quantitative estimate of drug-likeness (QED) is 0.464. The van der Waals surface area contributed by atoms with Crippen LogP contribution in [-0.2, 0) is 16.0 Å². The molecule has 1 saturated heterocycles. The molecule has 0 radical (unpaired) electrons. The van der Waals surface area contributed by atoms with Gasteiger partial charge in [0.05, 0.1) is 11.0 Å². The number of non-ortho nitro benzene ring substituents is 1. The number of carbonyl (C=O) groups is 3. The Morgan fingerprint density at radius 3 is 2.32 bits per heavy atom. The molecule has 2 N–H and O–H groups in total. The van der Waals surface area contributed by atoms with Crippen molar-refractivity contribution < 1.29 is 19.3 Å². The third-order valence-electron chi connectivity index (χ3n) is 5.36. The summed E-state index contributed by atoms with van der Waals surface area (Å²) in [4.78, 5) is 50.1. The molecule has 4 amide bonds. The second-order valence-electron chi connectivity index (χ2n) is 6.88. The molecule has 0 saturated carbocycles. The Hall–Kier alpha value is -3.75. The summed E-state index contributed by atoms with van der Waals surface area (Å²) in [5, 5.41) is 15.6. The predicted molar refractivity (Wildman–Crippen MR) is 98.5 cm³/mol. The molecule has 28 heavy (non-hydrogen) atoms. The summed E-state index contributed by atoms with van der Waals surface area (Å²) in [5.74, 6) is -1.45. The summed E-state index contributed by atoms with van der Waals surface area (Å²) in [6.07, 6.45) is -0.0706. The second kappa shape index (κ2) is 6.15. The van der Waals surface area contributed by atoms with Crippen LogP contribution in [0.25, 0.3) is 0 Å². The molecule has 1 spiro atoms. The van der Waals surface area contributed by atoms with Gasteiger partial charge in [-0.3, -0.25) is 30.3 Å². The number of amides is 4. The second-order valence-corrected chi connectivity index (χ2v) is 6.88. The number of nitrogens with zero attached hydrogens (tertiary/aromatic N) is 2. The molecule has 0 aromatic heterocycles. The Kier molecular flexibility index (Phi) is 3.88. The standard InChI is InChI=1S/C19H16N4O5/c1-22-14-8-7-13(23(27)28)9-12(14)10-19(15(22)11-5-3-2-4-6-11)16(24)20-18(26)21-17(19)25/h2-9,15H,10H2,1H3,(H2,20,21,24,25,26)/t15-/m1/s1. The van der Waals surface area contributed by atoms with Crippen molar-refractivity contribution in [3.05, 3.63) is 69.8 Å². The van der Waals surface area contributed by atoms with Gasteiger partial charge in [-0.05, 0) is 17.2 Å². The minimum absolute atomic E-state index is 0.0706. The molecule has 0 bridgehead atoms. The van der Waals surface area contributed by atoms with Crippen molar-refractivity contribution in [2.24, 2.45) is 5.41 Å². The molecule has 1 atom stereocenters. The van der Waals surface area contributed by atoms with Crippen LogP contribution >= 0.6 is 0 Å². The van der Waals surface area contributed by atoms with Crippen LogP contribution in [0.3, 0.4) is 0 Å². The highest BCUT2D eigenvalue weighted by Gasteiger charge is 2.59. The molecule has 1 fully saturated rings. The summed E-state index contributed by atoms with van der Waals surface area (Å²) in [6, 6.07) is 11.8. The minimum Gasteiger partial charge on any atom is -0.366 e. The van der Waals surface area contributed by atoms with Crippen LogP contribution in [0.2, 0.25) is 0 Å². The SMILES string of the molecule is CN1c2ccc([N+](=O)[O-])cc2CC2(C(=O)NC(=O)NC2=O)[C@H]1c1ccccc1. The number of anilines is 1. The molecule has 2 aromatic rings. The minimum atomic E-state index is -1.65. The van der Waals surface area contributed by atoms with E-state index in [4.69, 9.17) is 0 Å². The number of imide groups is 2. The van der Waals surface area contributed by atoms with Gasteiger partial charge < -0.3 is 4.90 Å². The average molecular weight is 380 g/mol. The lowest BCUT2D eigenvalue weighted by Gasteiger charge is -2.49. The van der Waals surface area contributed by atoms with Crippen LogP contribution in [0, 0.1) is 15.5 Å². The van der Waals surface area contributed by atoms with Crippen LogP contribution in [0.1, 0.15) is 17.2 Å². The van der Waals surface area contributed by atoms with E-state index in [9.17, 15) is 24.5 Å². The molecule has 2 aliphatic rings. The van der Waals surface area contributed by atoms with E-state index in [2.05, 4.69) is 10.6 Å². The van der Waals surface area contributed by atoms with Gasteiger partial charge in [-0.1, -0.05) is 30.3 Å². The predicted octanol–water partition coefficient (Wildman–Crippen LogP) is 1.68. The largest absolute Gasteiger partial charge is 0.366 e. The van der Waals surface area contributed by atoms with E-state index in [1.165, 1.54) is 12.1 Å². The molecule has 2 heterocycles. The summed E-state index contributed by atoms with van der Waals surface area (Å²) in [5.41, 5.74) is 0.111. The number of hydrogen-bond acceptors (Lipinski definition) is 6. The molecule has 142 valence electrons. The summed E-state index contributed by atoms with van der Waals surface area (Å²) in [7, 11) is 1.72. The summed E-state index contributed by atoms with van der Waals surface area (Å²) in [6.45, 7) is 0. The van der Waals surface area contributed by atoms with Gasteiger partial charge in [-0.2, -0.15) is 0 Å². The first-order valence-corrected chi connectivity index (χ1v) is 8.56. The van der Waals surface area contributed by atoms with Crippen LogP contribution < -0.4 is 15.5 Å². The van der Waals surface area contributed by atoms with E-state index < -0.39 is 34.2 Å². The molecule has 0 aliphatic carbocycles. The molecule has 2 aromatic carbocycles. The van der Waals surface area contributed by atoms with Gasteiger partial charge in [0.2, 0.25) is 11.8 Å². The Morgan fingerprint density at radius 1 is 1.07 bits per heavy atom. The number of fused-ring (bicyclic) bond motifs is 1. The molecular formula is C19H16N4O5. The Labute approximate surface area is 159 Å². The topological polar surface area (TPSA) is 122 Å². The van der Waals surface area contributed by atoms with Crippen molar-refractivity contribution in [2.75, 3.05) is 11.9 Å². The van der Waals surface area contributed by atoms with Crippen molar-refractivity contribution >= 4 is 29.2 Å². The molecule has 4 rings (SSSR count). The van der Waals surface area contributed by atoms with Crippen molar-refractivity contribution in [2.45, 2.75) is 12.5 Å². The van der Waals surface area contributed by atoms with Gasteiger partial charge in [-0.25, -0.2) is 4.79 Å². The zero-order valence-electron chi connectivity index (χ0n) is 14.8. The molecule has 9 nitrogen and oxygen atoms in total. The lowest BCUT2D eigenvalue weighted by molar-refractivity contribution is -0.384. The van der Waals surface area contributed by atoms with Crippen molar-refractivity contribution in [3.63, 3.8) is 0 Å². The Balaban J connectivity index is 1.95. The monoisotopic (exact) mass is 380 g/mol. The average Bonchev–Trinajstić information content (AvgIpc) is 2.66. The van der Waals surface area contributed by atoms with E-state index >= 15 is 0 Å². The molecular weight excluding hydrogens is 364 g/mol. The highest BCUT2D eigenvalue weighted by Crippen LogP contribution is 2.50. The Morgan fingerprint density at radius 2 is 1.71 bits per heavy atom. The van der Waals surface area contributed by atoms with Crippen LogP contribution in [0.4, 0.5) is 16.2 Å². The number of hydrogen-bond donors (Lipinski definition) is 2. The van der Waals surface area contributed by atoms with E-state index in [-0.39, 0.29) is 12.1 Å². The normalized spacial score (nSPS) is 20.4. The Bertz CT molecular complexity index is 1000. The van der Waals surface area contributed by atoms with Gasteiger partial charge in [0.25, 0.3) is 5.69 Å². The fourth-order valence-corrected chi connectivity index (χ4v) is 4.15. The number of nitro benzene ring substituents is 1. The molecule has 9 heteroatoms. The third-order valence-corrected chi connectivity index (χ3v) is 5.36. The zero-order chi connectivity index (χ0) is 20.1. The van der Waals surface area contributed by atoms with Crippen LogP contribution in [-0.4, -0.2) is 29.8 Å². The fourth-order valence-electron chi connectivity index (χ4n) is 4.15. The summed E-state index contributed by atoms with van der Waals surface area (Å²) < 4.78 is 0. The highest BCUT2D eigenvalue weighted by atomic mass is 16.6. The van der Waals surface area contributed by atoms with Crippen molar-refractivity contribution in [3.8, 4) is 0 Å². The maximum absolute atomic E-state index is 13.0. The number of benzene rings is 2. The van der Waals surface area contributed by atoms with E-state index in [1.54, 1.807) is 42.3 Å². The van der Waals surface area contributed by atoms with Gasteiger partial charge in [0.15, 0.2) is 5.41 Å². The molecule has 2 aliphatic heterocycles. The van der Waals surface area contributed by atoms with Gasteiger partial charge in [-0.15, -0.1) is 0 Å². The number of urea groups is 1. The fraction of sp³-hybridized carbons (Fsp3) is 0.211. The van der Waals surface area contributed by atoms with Gasteiger partial charge in [0.1, 0.15) is 0 Å². The van der Waals surface area contributed by atoms with Crippen molar-refractivity contribution in [1.82, 2.24) is 10.6 Å². The number of rotatable bonds is 2. The lowest BCUT2D eigenvalue weighted by atomic mass is 9.67. The lowest BCUT2D eigenvalue weighted by Crippen LogP contribution is -2.68. The number of barbiturate groups is 1. The highest BCUT2D eigenvalue weighted by molar-refractivity contribution is 6.20. The van der Waals surface area contributed by atoms with Crippen LogP contribution in [0.15, 0.2) is 48.5 Å². The van der Waals surface area contributed by atoms with Gasteiger partial charge in [0, 0.05) is 31.3 Å². The first-order chi connectivity index (χ1) is 13.3. The number of nitro groups is 1. The number of carbonyl (C=O) groups excluding carboxylic acids is 3. The molecule has 0 unspecified atom stereocenters. The van der Waals surface area contributed by atoms with Gasteiger partial charge >= 0.3 is 6.03 Å². The maximum atomic E-state index is 13.0. The maximum Gasteiger partial charge on any atom is 0.328 e. The van der Waals surface area contributed by atoms with Crippen LogP contribution in [0.5, 0.6) is 0 Å². The van der Waals surface area contributed by atoms with Crippen molar-refractivity contribution in [1.29, 1.82) is 0 Å². The smallest absolute Gasteiger partial charge is 0.328 e. The first kappa shape index (κ1) is 17.7. The third kappa shape index (κ3) is 2.43. The summed E-state index contributed by atoms with van der Waals surface area (Å²) >= 11 is 0. The first-order valence-electron chi connectivity index (χ1n) is 8.56. The van der Waals surface area contributed by atoms with E-state index in [0.717, 1.165) is 0 Å². The van der Waals surface area contributed by atoms with E-state index in [0.29, 0.717) is 16.8 Å². The number of nitrogens with one attached hydrogen (secondary N) is 2. The zero-order valence-corrected chi connectivity index (χ0v) is 14.8. The van der Waals surface area contributed by atoms with E-state index in [1.807, 2.05) is 6.07 Å².